The summed E-state index contributed by atoms with van der Waals surface area (Å²) in [5.41, 5.74) is 3.75. The molecule has 0 fully saturated rings. The lowest BCUT2D eigenvalue weighted by Crippen LogP contribution is -2.06. The van der Waals surface area contributed by atoms with E-state index in [0.717, 1.165) is 7.14 Å². The zero-order valence-electron chi connectivity index (χ0n) is 16.0. The topological polar surface area (TPSA) is 20.2 Å². The molecule has 0 radical (unpaired) electrons. The van der Waals surface area contributed by atoms with Crippen LogP contribution in [0.1, 0.15) is 22.6 Å². The first kappa shape index (κ1) is 19.8. The van der Waals surface area contributed by atoms with Gasteiger partial charge >= 0.3 is 0 Å². The molecular weight excluding hydrogens is 594 g/mol. The summed E-state index contributed by atoms with van der Waals surface area (Å²) >= 11 is 4.46. The maximum atomic E-state index is 10.4. The summed E-state index contributed by atoms with van der Waals surface area (Å²) in [5.74, 6) is 0.416. The lowest BCUT2D eigenvalue weighted by molar-refractivity contribution is 0.467. The number of phenolic OH excluding ortho intramolecular Hbond substituents is 1. The van der Waals surface area contributed by atoms with Crippen LogP contribution in [-0.2, 0) is 0 Å². The van der Waals surface area contributed by atoms with Gasteiger partial charge in [-0.25, -0.2) is 0 Å². The molecule has 0 aliphatic heterocycles. The van der Waals surface area contributed by atoms with Gasteiger partial charge in [0, 0.05) is 5.92 Å². The second-order valence-electron chi connectivity index (χ2n) is 7.40. The van der Waals surface area contributed by atoms with Crippen molar-refractivity contribution in [1.82, 2.24) is 0 Å². The van der Waals surface area contributed by atoms with E-state index in [0.29, 0.717) is 5.75 Å². The van der Waals surface area contributed by atoms with Crippen LogP contribution < -0.4 is 0 Å². The van der Waals surface area contributed by atoms with Gasteiger partial charge in [0.05, 0.1) is 7.14 Å². The second-order valence-corrected chi connectivity index (χ2v) is 9.73. The minimum absolute atomic E-state index is 0.0600. The van der Waals surface area contributed by atoms with E-state index in [1.807, 2.05) is 0 Å². The molecule has 5 aromatic carbocycles. The van der Waals surface area contributed by atoms with Gasteiger partial charge in [0.2, 0.25) is 0 Å². The van der Waals surface area contributed by atoms with Crippen LogP contribution >= 0.6 is 45.2 Å². The van der Waals surface area contributed by atoms with Crippen LogP contribution in [0.4, 0.5) is 0 Å². The van der Waals surface area contributed by atoms with Crippen molar-refractivity contribution >= 4 is 66.7 Å². The quantitative estimate of drug-likeness (QED) is 0.161. The molecule has 0 saturated heterocycles. The highest BCUT2D eigenvalue weighted by atomic mass is 127. The monoisotopic (exact) mass is 612 g/mol. The number of fused-ring (bicyclic) bond motifs is 2. The van der Waals surface area contributed by atoms with E-state index in [1.54, 1.807) is 0 Å². The van der Waals surface area contributed by atoms with Crippen molar-refractivity contribution in [3.63, 3.8) is 0 Å². The molecule has 0 aliphatic rings. The van der Waals surface area contributed by atoms with E-state index in [2.05, 4.69) is 142 Å². The average molecular weight is 612 g/mol. The molecule has 0 aliphatic carbocycles. The third-order valence-electron chi connectivity index (χ3n) is 5.64. The van der Waals surface area contributed by atoms with E-state index < -0.39 is 0 Å². The van der Waals surface area contributed by atoms with Crippen LogP contribution in [0.25, 0.3) is 21.5 Å². The van der Waals surface area contributed by atoms with Crippen molar-refractivity contribution in [1.29, 1.82) is 0 Å². The van der Waals surface area contributed by atoms with Gasteiger partial charge in [-0.15, -0.1) is 0 Å². The Hall–Kier alpha value is -2.12. The van der Waals surface area contributed by atoms with Gasteiger partial charge < -0.3 is 5.11 Å². The number of hydrogen-bond acceptors (Lipinski definition) is 1. The molecule has 0 bridgehead atoms. The normalized spacial score (nSPS) is 11.4. The molecule has 0 aromatic heterocycles. The van der Waals surface area contributed by atoms with Gasteiger partial charge in [-0.05, 0) is 95.5 Å². The average Bonchev–Trinajstić information content (AvgIpc) is 2.78. The molecule has 0 amide bonds. The zero-order valence-corrected chi connectivity index (χ0v) is 20.3. The van der Waals surface area contributed by atoms with Crippen molar-refractivity contribution < 1.29 is 5.11 Å². The Balaban J connectivity index is 1.87. The standard InChI is InChI=1S/C27H18I2O/c28-24-15-19(16-25(29)27(24)30)26(22-13-5-9-17-7-1-3-11-20(17)22)23-14-6-10-18-8-2-4-12-21(18)23/h1-16,26,30H. The van der Waals surface area contributed by atoms with Crippen LogP contribution in [0.2, 0.25) is 0 Å². The fraction of sp³-hybridized carbons (Fsp3) is 0.0370. The molecule has 0 heterocycles. The maximum Gasteiger partial charge on any atom is 0.142 e. The van der Waals surface area contributed by atoms with Crippen molar-refractivity contribution in [3.8, 4) is 5.75 Å². The molecule has 3 heteroatoms. The molecular formula is C27H18I2O. The van der Waals surface area contributed by atoms with E-state index in [4.69, 9.17) is 0 Å². The van der Waals surface area contributed by atoms with Gasteiger partial charge in [0.1, 0.15) is 5.75 Å². The molecule has 30 heavy (non-hydrogen) atoms. The van der Waals surface area contributed by atoms with E-state index >= 15 is 0 Å². The largest absolute Gasteiger partial charge is 0.506 e. The van der Waals surface area contributed by atoms with Gasteiger partial charge in [0.25, 0.3) is 0 Å². The van der Waals surface area contributed by atoms with Crippen molar-refractivity contribution in [2.24, 2.45) is 0 Å². The molecule has 0 unspecified atom stereocenters. The zero-order chi connectivity index (χ0) is 20.7. The summed E-state index contributed by atoms with van der Waals surface area (Å²) in [6.45, 7) is 0. The summed E-state index contributed by atoms with van der Waals surface area (Å²) in [7, 11) is 0. The highest BCUT2D eigenvalue weighted by Crippen LogP contribution is 2.41. The van der Waals surface area contributed by atoms with Crippen molar-refractivity contribution in [3.05, 3.63) is 121 Å². The smallest absolute Gasteiger partial charge is 0.142 e. The van der Waals surface area contributed by atoms with Gasteiger partial charge in [0.15, 0.2) is 0 Å². The number of halogens is 2. The lowest BCUT2D eigenvalue weighted by atomic mass is 9.81. The Bertz CT molecular complexity index is 1280. The van der Waals surface area contributed by atoms with Crippen LogP contribution in [0, 0.1) is 7.14 Å². The molecule has 0 atom stereocenters. The van der Waals surface area contributed by atoms with Crippen LogP contribution in [0.3, 0.4) is 0 Å². The minimum Gasteiger partial charge on any atom is -0.506 e. The summed E-state index contributed by atoms with van der Waals surface area (Å²) in [6.07, 6.45) is 0. The van der Waals surface area contributed by atoms with Crippen LogP contribution in [0.5, 0.6) is 5.75 Å². The predicted molar refractivity (Wildman–Crippen MR) is 142 cm³/mol. The van der Waals surface area contributed by atoms with E-state index in [-0.39, 0.29) is 5.92 Å². The summed E-state index contributed by atoms with van der Waals surface area (Å²) in [6, 6.07) is 34.5. The number of phenols is 1. The lowest BCUT2D eigenvalue weighted by Gasteiger charge is -2.23. The molecule has 0 saturated carbocycles. The number of benzene rings is 5. The van der Waals surface area contributed by atoms with Gasteiger partial charge in [-0.1, -0.05) is 84.9 Å². The first-order valence-corrected chi connectivity index (χ1v) is 11.9. The number of hydrogen-bond donors (Lipinski definition) is 1. The fourth-order valence-electron chi connectivity index (χ4n) is 4.28. The Morgan fingerprint density at radius 1 is 0.567 bits per heavy atom. The van der Waals surface area contributed by atoms with E-state index in [1.165, 1.54) is 38.2 Å². The second kappa shape index (κ2) is 8.19. The van der Waals surface area contributed by atoms with Gasteiger partial charge in [-0.3, -0.25) is 0 Å². The third kappa shape index (κ3) is 3.48. The van der Waals surface area contributed by atoms with Crippen LogP contribution in [-0.4, -0.2) is 5.11 Å². The molecule has 1 nitrogen and oxygen atoms in total. The maximum absolute atomic E-state index is 10.4. The SMILES string of the molecule is Oc1c(I)cc(C(c2cccc3ccccc23)c2cccc3ccccc23)cc1I. The Labute approximate surface area is 203 Å². The number of aromatic hydroxyl groups is 1. The van der Waals surface area contributed by atoms with E-state index in [9.17, 15) is 5.11 Å². The first-order valence-electron chi connectivity index (χ1n) is 9.77. The minimum atomic E-state index is 0.0600. The van der Waals surface area contributed by atoms with Crippen LogP contribution in [0.15, 0.2) is 97.1 Å². The highest BCUT2D eigenvalue weighted by molar-refractivity contribution is 14.1. The molecule has 1 N–H and O–H groups in total. The Kier molecular flexibility index (Phi) is 5.41. The van der Waals surface area contributed by atoms with Gasteiger partial charge in [-0.2, -0.15) is 0 Å². The van der Waals surface area contributed by atoms with Crippen molar-refractivity contribution in [2.45, 2.75) is 5.92 Å². The molecule has 0 spiro atoms. The summed E-state index contributed by atoms with van der Waals surface area (Å²) < 4.78 is 1.75. The highest BCUT2D eigenvalue weighted by Gasteiger charge is 2.22. The Morgan fingerprint density at radius 2 is 1.00 bits per heavy atom. The summed E-state index contributed by atoms with van der Waals surface area (Å²) in [4.78, 5) is 0. The molecule has 146 valence electrons. The van der Waals surface area contributed by atoms with Crippen molar-refractivity contribution in [2.75, 3.05) is 0 Å². The third-order valence-corrected chi connectivity index (χ3v) is 7.29. The first-order chi connectivity index (χ1) is 14.6. The summed E-state index contributed by atoms with van der Waals surface area (Å²) in [5, 5.41) is 15.4. The molecule has 5 rings (SSSR count). The predicted octanol–water partition coefficient (Wildman–Crippen LogP) is 8.09. The number of rotatable bonds is 3. The fourth-order valence-corrected chi connectivity index (χ4v) is 6.10. The molecule has 5 aromatic rings. The Morgan fingerprint density at radius 3 is 1.50 bits per heavy atom.